The first-order chi connectivity index (χ1) is 9.99. The third-order valence-corrected chi connectivity index (χ3v) is 3.81. The van der Waals surface area contributed by atoms with E-state index in [1.54, 1.807) is 0 Å². The molecule has 0 heterocycles. The molecule has 0 fully saturated rings. The Hall–Kier alpha value is -1.02. The van der Waals surface area contributed by atoms with E-state index < -0.39 is 0 Å². The van der Waals surface area contributed by atoms with Crippen LogP contribution in [0.2, 0.25) is 5.02 Å². The molecule has 0 radical (unpaired) electrons. The summed E-state index contributed by atoms with van der Waals surface area (Å²) in [5, 5.41) is 0.725. The van der Waals surface area contributed by atoms with Gasteiger partial charge in [-0.3, -0.25) is 4.99 Å². The predicted molar refractivity (Wildman–Crippen MR) is 95.4 cm³/mol. The molecular weight excluding hydrogens is 280 g/mol. The largest absolute Gasteiger partial charge is 0.398 e. The van der Waals surface area contributed by atoms with Crippen molar-refractivity contribution < 1.29 is 0 Å². The third-order valence-electron chi connectivity index (χ3n) is 3.58. The van der Waals surface area contributed by atoms with E-state index in [2.05, 4.69) is 27.7 Å². The van der Waals surface area contributed by atoms with Crippen molar-refractivity contribution in [1.82, 2.24) is 0 Å². The van der Waals surface area contributed by atoms with Gasteiger partial charge in [0.2, 0.25) is 0 Å². The lowest BCUT2D eigenvalue weighted by Crippen LogP contribution is -2.19. The molecule has 2 nitrogen and oxygen atoms in total. The van der Waals surface area contributed by atoms with Crippen molar-refractivity contribution >= 4 is 23.0 Å². The maximum absolute atomic E-state index is 6.19. The van der Waals surface area contributed by atoms with Gasteiger partial charge >= 0.3 is 0 Å². The van der Waals surface area contributed by atoms with E-state index in [1.807, 2.05) is 18.2 Å². The minimum atomic E-state index is 0.472. The van der Waals surface area contributed by atoms with Crippen molar-refractivity contribution in [3.05, 3.63) is 28.8 Å². The first kappa shape index (κ1) is 18.0. The van der Waals surface area contributed by atoms with E-state index in [9.17, 15) is 0 Å². The van der Waals surface area contributed by atoms with E-state index >= 15 is 0 Å². The zero-order valence-electron chi connectivity index (χ0n) is 13.8. The summed E-state index contributed by atoms with van der Waals surface area (Å²) in [4.78, 5) is 4.91. The van der Waals surface area contributed by atoms with Gasteiger partial charge in [0.1, 0.15) is 0 Å². The summed E-state index contributed by atoms with van der Waals surface area (Å²) in [6.45, 7) is 9.67. The minimum absolute atomic E-state index is 0.472. The van der Waals surface area contributed by atoms with Gasteiger partial charge in [-0.1, -0.05) is 52.1 Å². The second-order valence-electron chi connectivity index (χ2n) is 6.13. The second kappa shape index (κ2) is 9.09. The van der Waals surface area contributed by atoms with Crippen LogP contribution >= 0.6 is 11.6 Å². The topological polar surface area (TPSA) is 38.4 Å². The first-order valence-corrected chi connectivity index (χ1v) is 8.47. The van der Waals surface area contributed by atoms with Crippen LogP contribution in [0.4, 0.5) is 5.69 Å². The number of rotatable bonds is 8. The average molecular weight is 309 g/mol. The first-order valence-electron chi connectivity index (χ1n) is 8.09. The fourth-order valence-electron chi connectivity index (χ4n) is 2.58. The molecule has 0 aliphatic carbocycles. The molecule has 3 heteroatoms. The van der Waals surface area contributed by atoms with Crippen molar-refractivity contribution in [2.45, 2.75) is 53.4 Å². The van der Waals surface area contributed by atoms with Crippen LogP contribution in [0.5, 0.6) is 0 Å². The molecule has 1 aromatic rings. The highest BCUT2D eigenvalue weighted by molar-refractivity contribution is 6.31. The average Bonchev–Trinajstić information content (AvgIpc) is 2.42. The summed E-state index contributed by atoms with van der Waals surface area (Å²) in [6.07, 6.45) is 4.62. The molecule has 0 unspecified atom stereocenters. The smallest absolute Gasteiger partial charge is 0.0472 e. The van der Waals surface area contributed by atoms with Gasteiger partial charge in [0.25, 0.3) is 0 Å². The summed E-state index contributed by atoms with van der Waals surface area (Å²) in [5.41, 5.74) is 9.13. The quantitative estimate of drug-likeness (QED) is 0.494. The van der Waals surface area contributed by atoms with Crippen molar-refractivity contribution in [1.29, 1.82) is 0 Å². The molecule has 21 heavy (non-hydrogen) atoms. The van der Waals surface area contributed by atoms with E-state index in [-0.39, 0.29) is 0 Å². The summed E-state index contributed by atoms with van der Waals surface area (Å²) in [5.74, 6) is 1.02. The summed E-state index contributed by atoms with van der Waals surface area (Å²) in [7, 11) is 0. The third kappa shape index (κ3) is 5.70. The van der Waals surface area contributed by atoms with Crippen molar-refractivity contribution in [2.24, 2.45) is 16.8 Å². The van der Waals surface area contributed by atoms with Crippen LogP contribution in [0.3, 0.4) is 0 Å². The van der Waals surface area contributed by atoms with E-state index in [0.717, 1.165) is 54.2 Å². The minimum Gasteiger partial charge on any atom is -0.398 e. The molecule has 0 saturated heterocycles. The highest BCUT2D eigenvalue weighted by atomic mass is 35.5. The molecule has 1 rings (SSSR count). The van der Waals surface area contributed by atoms with Gasteiger partial charge in [-0.15, -0.1) is 0 Å². The second-order valence-corrected chi connectivity index (χ2v) is 6.56. The molecule has 0 amide bonds. The zero-order chi connectivity index (χ0) is 15.8. The summed E-state index contributed by atoms with van der Waals surface area (Å²) >= 11 is 6.17. The van der Waals surface area contributed by atoms with Crippen LogP contribution in [-0.4, -0.2) is 12.3 Å². The Morgan fingerprint density at radius 3 is 2.33 bits per heavy atom. The fourth-order valence-corrected chi connectivity index (χ4v) is 2.75. The van der Waals surface area contributed by atoms with Gasteiger partial charge in [0.15, 0.2) is 0 Å². The molecule has 0 aliphatic rings. The number of benzene rings is 1. The molecule has 0 spiro atoms. The molecule has 0 bridgehead atoms. The molecular formula is C18H29ClN2. The Morgan fingerprint density at radius 1 is 1.19 bits per heavy atom. The van der Waals surface area contributed by atoms with E-state index in [0.29, 0.717) is 11.8 Å². The highest BCUT2D eigenvalue weighted by Gasteiger charge is 2.19. The SMILES string of the molecule is CCCC(CCC)/C(=N\CC(C)C)c1cc(Cl)ccc1N. The number of nitrogens with two attached hydrogens (primary N) is 1. The van der Waals surface area contributed by atoms with E-state index in [4.69, 9.17) is 22.3 Å². The van der Waals surface area contributed by atoms with Gasteiger partial charge in [-0.2, -0.15) is 0 Å². The van der Waals surface area contributed by atoms with Crippen molar-refractivity contribution in [3.8, 4) is 0 Å². The van der Waals surface area contributed by atoms with Crippen LogP contribution in [0.1, 0.15) is 58.9 Å². The normalized spacial score (nSPS) is 12.4. The Labute approximate surface area is 134 Å². The Kier molecular flexibility index (Phi) is 7.81. The van der Waals surface area contributed by atoms with Gasteiger partial charge in [0.05, 0.1) is 0 Å². The van der Waals surface area contributed by atoms with E-state index in [1.165, 1.54) is 0 Å². The Bertz CT molecular complexity index is 460. The number of halogens is 1. The fraction of sp³-hybridized carbons (Fsp3) is 0.611. The molecule has 0 atom stereocenters. The number of anilines is 1. The molecule has 2 N–H and O–H groups in total. The summed E-state index contributed by atoms with van der Waals surface area (Å²) < 4.78 is 0. The highest BCUT2D eigenvalue weighted by Crippen LogP contribution is 2.26. The number of hydrogen-bond acceptors (Lipinski definition) is 2. The molecule has 1 aromatic carbocycles. The number of hydrogen-bond donors (Lipinski definition) is 1. The van der Waals surface area contributed by atoms with Gasteiger partial charge in [0, 0.05) is 34.4 Å². The lowest BCUT2D eigenvalue weighted by molar-refractivity contribution is 0.554. The lowest BCUT2D eigenvalue weighted by atomic mass is 9.88. The number of aliphatic imine (C=N–C) groups is 1. The molecule has 0 aromatic heterocycles. The van der Waals surface area contributed by atoms with Gasteiger partial charge < -0.3 is 5.73 Å². The van der Waals surface area contributed by atoms with Crippen LogP contribution in [-0.2, 0) is 0 Å². The zero-order valence-corrected chi connectivity index (χ0v) is 14.6. The van der Waals surface area contributed by atoms with Crippen LogP contribution in [0.15, 0.2) is 23.2 Å². The Balaban J connectivity index is 3.22. The van der Waals surface area contributed by atoms with Crippen LogP contribution < -0.4 is 5.73 Å². The monoisotopic (exact) mass is 308 g/mol. The Morgan fingerprint density at radius 2 is 1.81 bits per heavy atom. The van der Waals surface area contributed by atoms with Crippen molar-refractivity contribution in [3.63, 3.8) is 0 Å². The van der Waals surface area contributed by atoms with Gasteiger partial charge in [-0.25, -0.2) is 0 Å². The van der Waals surface area contributed by atoms with Gasteiger partial charge in [-0.05, 0) is 37.0 Å². The number of nitrogen functional groups attached to an aromatic ring is 1. The maximum Gasteiger partial charge on any atom is 0.0472 e. The molecule has 0 aliphatic heterocycles. The van der Waals surface area contributed by atoms with Crippen LogP contribution in [0, 0.1) is 11.8 Å². The summed E-state index contributed by atoms with van der Waals surface area (Å²) in [6, 6.07) is 5.70. The number of nitrogens with zero attached hydrogens (tertiary/aromatic N) is 1. The van der Waals surface area contributed by atoms with Crippen molar-refractivity contribution in [2.75, 3.05) is 12.3 Å². The molecule has 0 saturated carbocycles. The predicted octanol–water partition coefficient (Wildman–Crippen LogP) is 5.58. The molecule has 118 valence electrons. The van der Waals surface area contributed by atoms with Crippen LogP contribution in [0.25, 0.3) is 0 Å². The standard InChI is InChI=1S/C18H29ClN2/c1-5-7-14(8-6-2)18(21-12-13(3)4)16-11-15(19)9-10-17(16)20/h9-11,13-14H,5-8,12,20H2,1-4H3/b21-18+. The lowest BCUT2D eigenvalue weighted by Gasteiger charge is -2.21. The maximum atomic E-state index is 6.19.